The predicted molar refractivity (Wildman–Crippen MR) is 304 cm³/mol. The zero-order valence-corrected chi connectivity index (χ0v) is 45.9. The van der Waals surface area contributed by atoms with Crippen LogP contribution in [0.3, 0.4) is 0 Å². The molecular formula is C54H130O19. The highest BCUT2D eigenvalue weighted by Gasteiger charge is 2.05. The number of carbonyl (C=O) groups excluding carboxylic acids is 2. The molecule has 73 heavy (non-hydrogen) atoms. The van der Waals surface area contributed by atoms with Crippen LogP contribution in [0.5, 0.6) is 0 Å². The van der Waals surface area contributed by atoms with E-state index < -0.39 is 0 Å². The van der Waals surface area contributed by atoms with Gasteiger partial charge in [-0.25, -0.2) is 0 Å². The van der Waals surface area contributed by atoms with Crippen molar-refractivity contribution in [2.75, 3.05) is 199 Å². The average molecular weight is 1080 g/mol. The number of carbonyl (C=O) groups is 2. The lowest BCUT2D eigenvalue weighted by molar-refractivity contribution is -0.146. The Morgan fingerprint density at radius 3 is 0.781 bits per heavy atom. The van der Waals surface area contributed by atoms with Crippen LogP contribution in [-0.4, -0.2) is 229 Å². The van der Waals surface area contributed by atoms with E-state index in [0.717, 1.165) is 84.2 Å². The number of methoxy groups -OCH3 is 14. The van der Waals surface area contributed by atoms with Gasteiger partial charge in [-0.2, -0.15) is 0 Å². The summed E-state index contributed by atoms with van der Waals surface area (Å²) in [6, 6.07) is 0. The summed E-state index contributed by atoms with van der Waals surface area (Å²) in [5.74, 6) is -0.415. The van der Waals surface area contributed by atoms with Gasteiger partial charge in [-0.15, -0.1) is 0 Å². The van der Waals surface area contributed by atoms with E-state index >= 15 is 0 Å². The second kappa shape index (κ2) is 107. The van der Waals surface area contributed by atoms with Crippen LogP contribution in [0.1, 0.15) is 136 Å². The van der Waals surface area contributed by atoms with E-state index in [-0.39, 0.29) is 88.0 Å². The minimum Gasteiger partial charge on any atom is -0.463 e. The number of hydrogen-bond donors (Lipinski definition) is 0. The highest BCUT2D eigenvalue weighted by molar-refractivity contribution is 5.69. The molecule has 0 fully saturated rings. The van der Waals surface area contributed by atoms with Gasteiger partial charge >= 0.3 is 11.9 Å². The van der Waals surface area contributed by atoms with E-state index in [4.69, 9.17) is 61.6 Å². The Labute approximate surface area is 453 Å². The molecule has 0 rings (SSSR count). The maximum Gasteiger partial charge on any atom is 0.305 e. The standard InChI is InChI=1S/C18H34O7.2C6H14O2.2C5H12O2.2C4H10O2.6CH4/c1-21-11-7-3-5-9-17(19)24-15-13-23-14-16-25-18(20)10-6-4-8-12-22-2;1-7-5-3-4-6-8-2;1-4-6(8-3)5-7-2;2*1-5(7-3)4-6-2;2*1-5-3-4-6-2;;;;;;/h3-16H2,1-2H3;3-6H2,1-2H3;6H,4-5H2,1-3H3;2*5H,4H2,1-3H3;2*3-4H2,1-2H3;6*1H4. The average Bonchev–Trinajstić information content (AvgIpc) is 3.34. The molecule has 0 radical (unpaired) electrons. The van der Waals surface area contributed by atoms with Gasteiger partial charge in [0, 0.05) is 139 Å². The molecule has 0 aromatic carbocycles. The topological polar surface area (TPSA) is 191 Å². The van der Waals surface area contributed by atoms with E-state index in [9.17, 15) is 9.59 Å². The molecule has 0 heterocycles. The van der Waals surface area contributed by atoms with Gasteiger partial charge in [0.1, 0.15) is 13.2 Å². The lowest BCUT2D eigenvalue weighted by Crippen LogP contribution is -2.15. The number of unbranched alkanes of at least 4 members (excludes halogenated alkanes) is 5. The second-order valence-corrected chi connectivity index (χ2v) is 14.0. The van der Waals surface area contributed by atoms with Crippen LogP contribution in [0.15, 0.2) is 0 Å². The van der Waals surface area contributed by atoms with E-state index in [0.29, 0.717) is 72.3 Å². The summed E-state index contributed by atoms with van der Waals surface area (Å²) in [5.41, 5.74) is 0. The third kappa shape index (κ3) is 130. The van der Waals surface area contributed by atoms with E-state index in [1.807, 2.05) is 13.8 Å². The molecule has 0 saturated heterocycles. The summed E-state index contributed by atoms with van der Waals surface area (Å²) >= 11 is 0. The monoisotopic (exact) mass is 1080 g/mol. The third-order valence-electron chi connectivity index (χ3n) is 8.12. The Kier molecular flexibility index (Phi) is 151. The van der Waals surface area contributed by atoms with Crippen molar-refractivity contribution in [3.05, 3.63) is 0 Å². The number of rotatable bonds is 39. The molecule has 19 heteroatoms. The van der Waals surface area contributed by atoms with Crippen LogP contribution in [0, 0.1) is 0 Å². The highest BCUT2D eigenvalue weighted by atomic mass is 16.6. The molecule has 19 nitrogen and oxygen atoms in total. The van der Waals surface area contributed by atoms with Gasteiger partial charge in [0.05, 0.1) is 77.8 Å². The van der Waals surface area contributed by atoms with Gasteiger partial charge in [-0.1, -0.05) is 64.3 Å². The van der Waals surface area contributed by atoms with Gasteiger partial charge in [0.15, 0.2) is 0 Å². The molecule has 3 unspecified atom stereocenters. The molecule has 3 atom stereocenters. The van der Waals surface area contributed by atoms with Crippen LogP contribution in [0.25, 0.3) is 0 Å². The Bertz CT molecular complexity index is 752. The predicted octanol–water partition coefficient (Wildman–Crippen LogP) is 10.3. The summed E-state index contributed by atoms with van der Waals surface area (Å²) in [6.07, 6.45) is 10.2. The Balaban J connectivity index is -0.0000000571. The lowest BCUT2D eigenvalue weighted by atomic mass is 10.2. The second-order valence-electron chi connectivity index (χ2n) is 14.0. The lowest BCUT2D eigenvalue weighted by Gasteiger charge is -2.09. The minimum absolute atomic E-state index is 0. The number of hydrogen-bond acceptors (Lipinski definition) is 19. The summed E-state index contributed by atoms with van der Waals surface area (Å²) in [5, 5.41) is 0. The summed E-state index contributed by atoms with van der Waals surface area (Å²) in [4.78, 5) is 22.9. The van der Waals surface area contributed by atoms with E-state index in [2.05, 4.69) is 25.9 Å². The van der Waals surface area contributed by atoms with Crippen molar-refractivity contribution in [1.82, 2.24) is 0 Å². The molecule has 0 amide bonds. The van der Waals surface area contributed by atoms with Gasteiger partial charge in [-0.05, 0) is 58.8 Å². The fourth-order valence-corrected chi connectivity index (χ4v) is 4.03. The van der Waals surface area contributed by atoms with Crippen LogP contribution >= 0.6 is 0 Å². The van der Waals surface area contributed by atoms with Gasteiger partial charge in [-0.3, -0.25) is 9.59 Å². The molecule has 0 aromatic rings. The van der Waals surface area contributed by atoms with Crippen molar-refractivity contribution in [2.24, 2.45) is 0 Å². The molecule has 460 valence electrons. The van der Waals surface area contributed by atoms with Gasteiger partial charge in [0.2, 0.25) is 0 Å². The van der Waals surface area contributed by atoms with Crippen molar-refractivity contribution in [3.63, 3.8) is 0 Å². The third-order valence-corrected chi connectivity index (χ3v) is 8.12. The maximum atomic E-state index is 11.4. The van der Waals surface area contributed by atoms with Crippen molar-refractivity contribution in [1.29, 1.82) is 0 Å². The minimum atomic E-state index is -0.207. The van der Waals surface area contributed by atoms with Crippen LogP contribution in [0.2, 0.25) is 0 Å². The SMILES string of the molecule is C.C.C.C.C.C.CCC(COC)OC.COCC(C)OC.COCC(C)OC.COCCCCCC(=O)OCCOCCOC(=O)CCCCCOC.COCCCCOC.COCCOC.COCCOC. The van der Waals surface area contributed by atoms with Crippen molar-refractivity contribution < 1.29 is 90.1 Å². The van der Waals surface area contributed by atoms with Gasteiger partial charge < -0.3 is 80.5 Å². The Hall–Kier alpha value is -1.66. The first kappa shape index (κ1) is 104. The van der Waals surface area contributed by atoms with Crippen molar-refractivity contribution in [3.8, 4) is 0 Å². The normalized spacial score (nSPS) is 10.4. The molecule has 0 aliphatic heterocycles. The molecule has 0 aromatic heterocycles. The number of esters is 2. The number of ether oxygens (including phenoxy) is 17. The Morgan fingerprint density at radius 1 is 0.315 bits per heavy atom. The van der Waals surface area contributed by atoms with Crippen LogP contribution < -0.4 is 0 Å². The van der Waals surface area contributed by atoms with Crippen LogP contribution in [-0.2, 0) is 90.1 Å². The molecular weight excluding hydrogens is 953 g/mol. The maximum absolute atomic E-state index is 11.4. The molecule has 0 aliphatic carbocycles. The quantitative estimate of drug-likeness (QED) is 0.0417. The Morgan fingerprint density at radius 2 is 0.589 bits per heavy atom. The first-order valence-corrected chi connectivity index (χ1v) is 23.3. The molecule has 0 bridgehead atoms. The van der Waals surface area contributed by atoms with E-state index in [1.165, 1.54) is 0 Å². The molecule has 0 aliphatic rings. The fourth-order valence-electron chi connectivity index (χ4n) is 4.03. The van der Waals surface area contributed by atoms with Crippen molar-refractivity contribution in [2.45, 2.75) is 154 Å². The van der Waals surface area contributed by atoms with E-state index in [1.54, 1.807) is 99.5 Å². The highest BCUT2D eigenvalue weighted by Crippen LogP contribution is 2.03. The smallest absolute Gasteiger partial charge is 0.305 e. The zero-order valence-electron chi connectivity index (χ0n) is 45.9. The fraction of sp³-hybridized carbons (Fsp3) is 0.963. The summed E-state index contributed by atoms with van der Waals surface area (Å²) < 4.78 is 82.7. The van der Waals surface area contributed by atoms with Gasteiger partial charge in [0.25, 0.3) is 0 Å². The summed E-state index contributed by atoms with van der Waals surface area (Å²) in [6.45, 7) is 15.0. The first-order valence-electron chi connectivity index (χ1n) is 23.3. The molecule has 0 saturated carbocycles. The zero-order chi connectivity index (χ0) is 52.3. The largest absolute Gasteiger partial charge is 0.463 e. The molecule has 0 spiro atoms. The first-order chi connectivity index (χ1) is 32.4. The van der Waals surface area contributed by atoms with Crippen LogP contribution in [0.4, 0.5) is 0 Å². The summed E-state index contributed by atoms with van der Waals surface area (Å²) in [7, 11) is 23.4. The van der Waals surface area contributed by atoms with Crippen molar-refractivity contribution >= 4 is 11.9 Å². The molecule has 0 N–H and O–H groups in total.